The first-order valence-corrected chi connectivity index (χ1v) is 8.37. The molecule has 0 bridgehead atoms. The van der Waals surface area contributed by atoms with Gasteiger partial charge in [-0.1, -0.05) is 6.42 Å². The molecule has 2 fully saturated rings. The zero-order valence-electron chi connectivity index (χ0n) is 12.8. The van der Waals surface area contributed by atoms with Crippen LogP contribution in [0.3, 0.4) is 0 Å². The monoisotopic (exact) mass is 289 g/mol. The van der Waals surface area contributed by atoms with Gasteiger partial charge in [-0.05, 0) is 68.7 Å². The van der Waals surface area contributed by atoms with E-state index in [1.54, 1.807) is 12.3 Å². The molecule has 1 aromatic heterocycles. The number of H-pyrrole nitrogens is 1. The summed E-state index contributed by atoms with van der Waals surface area (Å²) in [6.45, 7) is 3.53. The van der Waals surface area contributed by atoms with E-state index >= 15 is 0 Å². The van der Waals surface area contributed by atoms with Gasteiger partial charge in [-0.3, -0.25) is 4.79 Å². The lowest BCUT2D eigenvalue weighted by atomic mass is 9.84. The summed E-state index contributed by atoms with van der Waals surface area (Å²) < 4.78 is 0. The van der Waals surface area contributed by atoms with Gasteiger partial charge in [0, 0.05) is 24.8 Å². The Bertz CT molecular complexity index is 505. The van der Waals surface area contributed by atoms with Gasteiger partial charge in [-0.2, -0.15) is 0 Å². The van der Waals surface area contributed by atoms with Crippen molar-refractivity contribution in [1.82, 2.24) is 9.88 Å². The van der Waals surface area contributed by atoms with Crippen LogP contribution in [0.15, 0.2) is 23.1 Å². The lowest BCUT2D eigenvalue weighted by Gasteiger charge is -2.36. The molecule has 21 heavy (non-hydrogen) atoms. The normalized spacial score (nSPS) is 28.6. The molecule has 0 unspecified atom stereocenters. The standard InChI is InChI=1S/C17H27N3O/c18-16-3-1-2-13(10-16)12-20-8-5-14(6-9-20)15-4-7-19-17(21)11-15/h4,7,11,13-14,16H,1-3,5-6,8-10,12,18H2,(H,19,21)/t13-,16+/m1/s1. The third-order valence-corrected chi connectivity index (χ3v) is 5.20. The van der Waals surface area contributed by atoms with Gasteiger partial charge in [0.25, 0.3) is 0 Å². The predicted molar refractivity (Wildman–Crippen MR) is 85.4 cm³/mol. The number of nitrogens with zero attached hydrogens (tertiary/aromatic N) is 1. The molecule has 0 radical (unpaired) electrons. The number of rotatable bonds is 3. The third kappa shape index (κ3) is 3.95. The van der Waals surface area contributed by atoms with Crippen LogP contribution in [-0.2, 0) is 0 Å². The van der Waals surface area contributed by atoms with E-state index < -0.39 is 0 Å². The van der Waals surface area contributed by atoms with Crippen LogP contribution in [-0.4, -0.2) is 35.6 Å². The third-order valence-electron chi connectivity index (χ3n) is 5.20. The van der Waals surface area contributed by atoms with Crippen LogP contribution in [0, 0.1) is 5.92 Å². The quantitative estimate of drug-likeness (QED) is 0.895. The number of piperidine rings is 1. The molecule has 4 heteroatoms. The molecule has 1 saturated carbocycles. The summed E-state index contributed by atoms with van der Waals surface area (Å²) >= 11 is 0. The first-order valence-electron chi connectivity index (χ1n) is 8.37. The highest BCUT2D eigenvalue weighted by Gasteiger charge is 2.25. The maximum atomic E-state index is 11.4. The summed E-state index contributed by atoms with van der Waals surface area (Å²) in [5.41, 5.74) is 7.32. The molecule has 4 nitrogen and oxygen atoms in total. The molecule has 3 N–H and O–H groups in total. The van der Waals surface area contributed by atoms with Gasteiger partial charge >= 0.3 is 0 Å². The van der Waals surface area contributed by atoms with Gasteiger partial charge in [-0.15, -0.1) is 0 Å². The highest BCUT2D eigenvalue weighted by molar-refractivity contribution is 5.16. The summed E-state index contributed by atoms with van der Waals surface area (Å²) in [6, 6.07) is 4.25. The second-order valence-corrected chi connectivity index (χ2v) is 6.85. The topological polar surface area (TPSA) is 62.1 Å². The van der Waals surface area contributed by atoms with Crippen molar-refractivity contribution in [2.45, 2.75) is 50.5 Å². The SMILES string of the molecule is N[C@H]1CCC[C@@H](CN2CCC(c3cc[nH]c(=O)c3)CC2)C1. The van der Waals surface area contributed by atoms with E-state index in [0.29, 0.717) is 12.0 Å². The summed E-state index contributed by atoms with van der Waals surface area (Å²) in [5.74, 6) is 1.35. The summed E-state index contributed by atoms with van der Waals surface area (Å²) in [5, 5.41) is 0. The van der Waals surface area contributed by atoms with Crippen molar-refractivity contribution in [1.29, 1.82) is 0 Å². The smallest absolute Gasteiger partial charge is 0.248 e. The Labute approximate surface area is 126 Å². The average molecular weight is 289 g/mol. The fraction of sp³-hybridized carbons (Fsp3) is 0.706. The lowest BCUT2D eigenvalue weighted by Crippen LogP contribution is -2.39. The summed E-state index contributed by atoms with van der Waals surface area (Å²) in [6.07, 6.45) is 9.17. The van der Waals surface area contributed by atoms with E-state index in [4.69, 9.17) is 5.73 Å². The number of aromatic nitrogens is 1. The van der Waals surface area contributed by atoms with Gasteiger partial charge in [0.15, 0.2) is 0 Å². The first-order chi connectivity index (χ1) is 10.2. The highest BCUT2D eigenvalue weighted by atomic mass is 16.1. The molecule has 0 amide bonds. The lowest BCUT2D eigenvalue weighted by molar-refractivity contribution is 0.159. The molecule has 2 heterocycles. The Balaban J connectivity index is 1.50. The van der Waals surface area contributed by atoms with Crippen LogP contribution in [0.2, 0.25) is 0 Å². The second-order valence-electron chi connectivity index (χ2n) is 6.85. The molecule has 0 spiro atoms. The molecule has 1 aliphatic carbocycles. The number of likely N-dealkylation sites (tertiary alicyclic amines) is 1. The molecule has 1 aliphatic heterocycles. The van der Waals surface area contributed by atoms with E-state index in [2.05, 4.69) is 16.0 Å². The number of hydrogen-bond donors (Lipinski definition) is 2. The van der Waals surface area contributed by atoms with E-state index in [0.717, 1.165) is 19.0 Å². The number of nitrogens with one attached hydrogen (secondary N) is 1. The Hall–Kier alpha value is -1.13. The molecular weight excluding hydrogens is 262 g/mol. The van der Waals surface area contributed by atoms with Crippen LogP contribution in [0.25, 0.3) is 0 Å². The van der Waals surface area contributed by atoms with Crippen LogP contribution in [0.4, 0.5) is 0 Å². The van der Waals surface area contributed by atoms with Crippen molar-refractivity contribution in [2.24, 2.45) is 11.7 Å². The second kappa shape index (κ2) is 6.75. The van der Waals surface area contributed by atoms with Crippen LogP contribution >= 0.6 is 0 Å². The number of hydrogen-bond acceptors (Lipinski definition) is 3. The van der Waals surface area contributed by atoms with Gasteiger partial charge in [-0.25, -0.2) is 0 Å². The van der Waals surface area contributed by atoms with Crippen molar-refractivity contribution in [3.8, 4) is 0 Å². The van der Waals surface area contributed by atoms with E-state index in [-0.39, 0.29) is 5.56 Å². The number of aromatic amines is 1. The van der Waals surface area contributed by atoms with Crippen LogP contribution in [0.1, 0.15) is 50.0 Å². The predicted octanol–water partition coefficient (Wildman–Crippen LogP) is 2.07. The van der Waals surface area contributed by atoms with Gasteiger partial charge in [0.2, 0.25) is 5.56 Å². The zero-order chi connectivity index (χ0) is 14.7. The van der Waals surface area contributed by atoms with Crippen molar-refractivity contribution >= 4 is 0 Å². The minimum atomic E-state index is 0.0196. The average Bonchev–Trinajstić information content (AvgIpc) is 2.48. The molecular formula is C17H27N3O. The Kier molecular flexibility index (Phi) is 4.76. The fourth-order valence-corrected chi connectivity index (χ4v) is 4.03. The molecule has 1 aromatic rings. The van der Waals surface area contributed by atoms with Crippen molar-refractivity contribution in [3.63, 3.8) is 0 Å². The van der Waals surface area contributed by atoms with Crippen LogP contribution < -0.4 is 11.3 Å². The first kappa shape index (κ1) is 14.8. The minimum absolute atomic E-state index is 0.0196. The molecule has 3 rings (SSSR count). The molecule has 116 valence electrons. The molecule has 0 aromatic carbocycles. The fourth-order valence-electron chi connectivity index (χ4n) is 4.03. The van der Waals surface area contributed by atoms with Gasteiger partial charge in [0.1, 0.15) is 0 Å². The minimum Gasteiger partial charge on any atom is -0.329 e. The van der Waals surface area contributed by atoms with Crippen molar-refractivity contribution in [3.05, 3.63) is 34.2 Å². The largest absolute Gasteiger partial charge is 0.329 e. The summed E-state index contributed by atoms with van der Waals surface area (Å²) in [4.78, 5) is 16.7. The molecule has 1 saturated heterocycles. The summed E-state index contributed by atoms with van der Waals surface area (Å²) in [7, 11) is 0. The Morgan fingerprint density at radius 3 is 2.76 bits per heavy atom. The van der Waals surface area contributed by atoms with Gasteiger partial charge in [0.05, 0.1) is 0 Å². The van der Waals surface area contributed by atoms with Crippen molar-refractivity contribution < 1.29 is 0 Å². The van der Waals surface area contributed by atoms with Gasteiger partial charge < -0.3 is 15.6 Å². The number of nitrogens with two attached hydrogens (primary N) is 1. The van der Waals surface area contributed by atoms with E-state index in [1.165, 1.54) is 50.6 Å². The van der Waals surface area contributed by atoms with Crippen LogP contribution in [0.5, 0.6) is 0 Å². The Morgan fingerprint density at radius 2 is 2.05 bits per heavy atom. The molecule has 2 atom stereocenters. The Morgan fingerprint density at radius 1 is 1.24 bits per heavy atom. The van der Waals surface area contributed by atoms with E-state index in [1.807, 2.05) is 0 Å². The maximum absolute atomic E-state index is 11.4. The zero-order valence-corrected chi connectivity index (χ0v) is 12.8. The highest BCUT2D eigenvalue weighted by Crippen LogP contribution is 2.29. The number of pyridine rings is 1. The molecule has 2 aliphatic rings. The maximum Gasteiger partial charge on any atom is 0.248 e. The van der Waals surface area contributed by atoms with Crippen molar-refractivity contribution in [2.75, 3.05) is 19.6 Å². The van der Waals surface area contributed by atoms with E-state index in [9.17, 15) is 4.79 Å².